The van der Waals surface area contributed by atoms with Gasteiger partial charge >= 0.3 is 0 Å². The Labute approximate surface area is 198 Å². The van der Waals surface area contributed by atoms with Gasteiger partial charge in [-0.2, -0.15) is 9.78 Å². The van der Waals surface area contributed by atoms with Gasteiger partial charge in [0.25, 0.3) is 5.91 Å². The smallest absolute Gasteiger partial charge is 0.254 e. The largest absolute Gasteiger partial charge is 0.336 e. The summed E-state index contributed by atoms with van der Waals surface area (Å²) in [5, 5.41) is 17.6. The van der Waals surface area contributed by atoms with Crippen molar-refractivity contribution in [2.24, 2.45) is 0 Å². The van der Waals surface area contributed by atoms with Crippen molar-refractivity contribution in [3.05, 3.63) is 53.9 Å². The van der Waals surface area contributed by atoms with Crippen molar-refractivity contribution < 1.29 is 4.79 Å². The van der Waals surface area contributed by atoms with Crippen molar-refractivity contribution in [2.45, 2.75) is 39.7 Å². The lowest BCUT2D eigenvalue weighted by Crippen LogP contribution is -2.49. The van der Waals surface area contributed by atoms with E-state index in [1.807, 2.05) is 46.0 Å². The van der Waals surface area contributed by atoms with Crippen LogP contribution in [0.4, 0.5) is 5.95 Å². The number of carbonyl (C=O) groups excluding carboxylic acids is 1. The first kappa shape index (κ1) is 22.0. The lowest BCUT2D eigenvalue weighted by Gasteiger charge is -2.35. The molecule has 1 fully saturated rings. The van der Waals surface area contributed by atoms with Gasteiger partial charge in [-0.25, -0.2) is 9.67 Å². The third-order valence-electron chi connectivity index (χ3n) is 6.20. The van der Waals surface area contributed by atoms with Gasteiger partial charge in [-0.1, -0.05) is 37.1 Å². The fourth-order valence-corrected chi connectivity index (χ4v) is 4.28. The summed E-state index contributed by atoms with van der Waals surface area (Å²) in [6.07, 6.45) is 1.77. The molecule has 176 valence electrons. The van der Waals surface area contributed by atoms with Gasteiger partial charge in [0, 0.05) is 37.9 Å². The van der Waals surface area contributed by atoms with Crippen molar-refractivity contribution in [3.63, 3.8) is 0 Å². The molecule has 1 aromatic carbocycles. The second kappa shape index (κ2) is 8.85. The zero-order valence-corrected chi connectivity index (χ0v) is 20.0. The van der Waals surface area contributed by atoms with E-state index < -0.39 is 0 Å². The highest BCUT2D eigenvalue weighted by molar-refractivity contribution is 6.05. The number of hydrogen-bond acceptors (Lipinski definition) is 7. The zero-order chi connectivity index (χ0) is 23.8. The Balaban J connectivity index is 1.39. The highest BCUT2D eigenvalue weighted by Crippen LogP contribution is 2.26. The summed E-state index contributed by atoms with van der Waals surface area (Å²) in [6, 6.07) is 11.9. The van der Waals surface area contributed by atoms with E-state index in [2.05, 4.69) is 53.2 Å². The topological polar surface area (TPSA) is 97.9 Å². The summed E-state index contributed by atoms with van der Waals surface area (Å²) in [5.74, 6) is 0.907. The van der Waals surface area contributed by atoms with Crippen LogP contribution in [0.5, 0.6) is 0 Å². The molecular weight excluding hydrogens is 430 g/mol. The molecule has 0 radical (unpaired) electrons. The average Bonchev–Trinajstić information content (AvgIpc) is 3.51. The van der Waals surface area contributed by atoms with Crippen LogP contribution in [-0.4, -0.2) is 72.0 Å². The Bertz CT molecular complexity index is 1300. The standard InChI is InChI=1S/C24H29N9O/c1-16(2)21-14-19(20-15-25-32(17(3)4)22(20)26-21)23(34)30-10-12-31(13-11-30)24-27-28-29-33(24)18-8-6-5-7-9-18/h5-9,14-17H,10-13H2,1-4H3. The quantitative estimate of drug-likeness (QED) is 0.452. The van der Waals surface area contributed by atoms with Gasteiger partial charge in [-0.05, 0) is 48.4 Å². The first-order valence-electron chi connectivity index (χ1n) is 11.7. The van der Waals surface area contributed by atoms with Gasteiger partial charge in [-0.15, -0.1) is 0 Å². The highest BCUT2D eigenvalue weighted by atomic mass is 16.2. The van der Waals surface area contributed by atoms with E-state index in [9.17, 15) is 4.79 Å². The Morgan fingerprint density at radius 1 is 1.00 bits per heavy atom. The minimum Gasteiger partial charge on any atom is -0.336 e. The molecule has 1 saturated heterocycles. The molecule has 0 bridgehead atoms. The van der Waals surface area contributed by atoms with Crippen LogP contribution >= 0.6 is 0 Å². The first-order valence-corrected chi connectivity index (χ1v) is 11.7. The van der Waals surface area contributed by atoms with Crippen LogP contribution in [0.15, 0.2) is 42.6 Å². The Kier molecular flexibility index (Phi) is 5.72. The number of hydrogen-bond donors (Lipinski definition) is 0. The molecule has 1 aliphatic rings. The van der Waals surface area contributed by atoms with E-state index in [0.29, 0.717) is 37.7 Å². The number of benzene rings is 1. The summed E-state index contributed by atoms with van der Waals surface area (Å²) < 4.78 is 3.62. The third-order valence-corrected chi connectivity index (χ3v) is 6.20. The molecule has 0 saturated carbocycles. The molecule has 0 N–H and O–H groups in total. The maximum absolute atomic E-state index is 13.6. The first-order chi connectivity index (χ1) is 16.4. The van der Waals surface area contributed by atoms with Gasteiger partial charge in [0.2, 0.25) is 5.95 Å². The normalized spacial score (nSPS) is 14.5. The second-order valence-electron chi connectivity index (χ2n) is 9.18. The SMILES string of the molecule is CC(C)c1cc(C(=O)N2CCN(c3nnnn3-c3ccccc3)CC2)c2cnn(C(C)C)c2n1. The molecule has 10 nitrogen and oxygen atoms in total. The molecule has 0 unspecified atom stereocenters. The fraction of sp³-hybridized carbons (Fsp3) is 0.417. The molecule has 1 amide bonds. The molecule has 10 heteroatoms. The number of piperazine rings is 1. The molecule has 5 rings (SSSR count). The number of anilines is 1. The Morgan fingerprint density at radius 3 is 2.41 bits per heavy atom. The maximum atomic E-state index is 13.6. The van der Waals surface area contributed by atoms with E-state index in [1.165, 1.54) is 0 Å². The Hall–Kier alpha value is -3.82. The van der Waals surface area contributed by atoms with Crippen LogP contribution in [0.1, 0.15) is 55.7 Å². The van der Waals surface area contributed by atoms with Gasteiger partial charge in [0.05, 0.1) is 22.8 Å². The monoisotopic (exact) mass is 459 g/mol. The van der Waals surface area contributed by atoms with Crippen LogP contribution in [0.2, 0.25) is 0 Å². The van der Waals surface area contributed by atoms with Gasteiger partial charge in [0.15, 0.2) is 5.65 Å². The van der Waals surface area contributed by atoms with E-state index in [1.54, 1.807) is 10.9 Å². The van der Waals surface area contributed by atoms with Crippen LogP contribution in [0.3, 0.4) is 0 Å². The minimum absolute atomic E-state index is 0.0138. The number of rotatable bonds is 5. The molecule has 34 heavy (non-hydrogen) atoms. The predicted molar refractivity (Wildman–Crippen MR) is 129 cm³/mol. The summed E-state index contributed by atoms with van der Waals surface area (Å²) in [6.45, 7) is 10.8. The number of nitrogens with zero attached hydrogens (tertiary/aromatic N) is 9. The number of pyridine rings is 1. The summed E-state index contributed by atoms with van der Waals surface area (Å²) in [5.41, 5.74) is 3.25. The summed E-state index contributed by atoms with van der Waals surface area (Å²) in [7, 11) is 0. The number of para-hydroxylation sites is 1. The fourth-order valence-electron chi connectivity index (χ4n) is 4.28. The van der Waals surface area contributed by atoms with Gasteiger partial charge < -0.3 is 9.80 Å². The van der Waals surface area contributed by atoms with E-state index in [4.69, 9.17) is 4.98 Å². The average molecular weight is 460 g/mol. The number of tetrazole rings is 1. The van der Waals surface area contributed by atoms with Gasteiger partial charge in [0.1, 0.15) is 0 Å². The van der Waals surface area contributed by atoms with E-state index in [0.717, 1.165) is 22.4 Å². The molecular formula is C24H29N9O. The van der Waals surface area contributed by atoms with Crippen LogP contribution < -0.4 is 4.90 Å². The van der Waals surface area contributed by atoms with Crippen LogP contribution in [0.25, 0.3) is 16.7 Å². The Morgan fingerprint density at radius 2 is 1.74 bits per heavy atom. The zero-order valence-electron chi connectivity index (χ0n) is 20.0. The number of aromatic nitrogens is 7. The van der Waals surface area contributed by atoms with Crippen molar-refractivity contribution in [3.8, 4) is 5.69 Å². The van der Waals surface area contributed by atoms with E-state index in [-0.39, 0.29) is 17.9 Å². The van der Waals surface area contributed by atoms with Crippen molar-refractivity contribution in [1.29, 1.82) is 0 Å². The van der Waals surface area contributed by atoms with Crippen LogP contribution in [0, 0.1) is 0 Å². The number of carbonyl (C=O) groups is 1. The molecule has 4 aromatic rings. The lowest BCUT2D eigenvalue weighted by molar-refractivity contribution is 0.0748. The molecule has 0 aliphatic carbocycles. The maximum Gasteiger partial charge on any atom is 0.254 e. The molecule has 0 atom stereocenters. The lowest BCUT2D eigenvalue weighted by atomic mass is 10.0. The predicted octanol–water partition coefficient (Wildman–Crippen LogP) is 3.07. The molecule has 0 spiro atoms. The van der Waals surface area contributed by atoms with Crippen LogP contribution in [-0.2, 0) is 0 Å². The van der Waals surface area contributed by atoms with E-state index >= 15 is 0 Å². The van der Waals surface area contributed by atoms with Crippen molar-refractivity contribution in [2.75, 3.05) is 31.1 Å². The molecule has 3 aromatic heterocycles. The van der Waals surface area contributed by atoms with Crippen molar-refractivity contribution >= 4 is 22.9 Å². The number of amides is 1. The minimum atomic E-state index is 0.0138. The second-order valence-corrected chi connectivity index (χ2v) is 9.18. The van der Waals surface area contributed by atoms with Gasteiger partial charge in [-0.3, -0.25) is 4.79 Å². The molecule has 1 aliphatic heterocycles. The highest BCUT2D eigenvalue weighted by Gasteiger charge is 2.28. The third kappa shape index (κ3) is 3.89. The van der Waals surface area contributed by atoms with Crippen molar-refractivity contribution in [1.82, 2.24) is 39.9 Å². The summed E-state index contributed by atoms with van der Waals surface area (Å²) >= 11 is 0. The number of fused-ring (bicyclic) bond motifs is 1. The molecule has 4 heterocycles. The summed E-state index contributed by atoms with van der Waals surface area (Å²) in [4.78, 5) is 22.5.